The normalized spacial score (nSPS) is 17.9. The van der Waals surface area contributed by atoms with E-state index in [1.807, 2.05) is 18.2 Å². The number of nitrogens with zero attached hydrogens (tertiary/aromatic N) is 2. The second-order valence-electron chi connectivity index (χ2n) is 5.18. The molecule has 1 atom stereocenters. The molecule has 0 N–H and O–H groups in total. The molecular weight excluding hydrogens is 378 g/mol. The summed E-state index contributed by atoms with van der Waals surface area (Å²) in [7, 11) is 4.15. The smallest absolute Gasteiger partial charge is 0.215 e. The molecule has 2 aromatic carbocycles. The lowest BCUT2D eigenvalue weighted by Gasteiger charge is -2.16. The molecule has 2 aromatic rings. The molecule has 110 valence electrons. The van der Waals surface area contributed by atoms with Gasteiger partial charge in [0.1, 0.15) is 11.9 Å². The first-order valence-electron chi connectivity index (χ1n) is 6.80. The first kappa shape index (κ1) is 15.9. The Morgan fingerprint density at radius 3 is 2.29 bits per heavy atom. The van der Waals surface area contributed by atoms with E-state index in [-0.39, 0.29) is 29.8 Å². The fraction of sp³-hybridized carbons (Fsp3) is 0.235. The molecule has 1 heterocycles. The molecule has 3 rings (SSSR count). The van der Waals surface area contributed by atoms with Crippen LogP contribution >= 0.6 is 0 Å². The van der Waals surface area contributed by atoms with E-state index in [4.69, 9.17) is 0 Å². The van der Waals surface area contributed by atoms with Gasteiger partial charge in [0.2, 0.25) is 5.71 Å². The maximum absolute atomic E-state index is 13.1. The van der Waals surface area contributed by atoms with Crippen LogP contribution in [0.5, 0.6) is 0 Å². The van der Waals surface area contributed by atoms with Gasteiger partial charge in [-0.05, 0) is 29.8 Å². The standard InChI is InChI=1S/C17H18FN2.HI/c1-19-16(13-6-4-3-5-7-13)12-17(20(19)2)14-8-10-15(18)11-9-14;/h3-11,16H,12H2,1-2H3;1H/q+1;/p-1. The molecule has 2 nitrogen and oxygen atoms in total. The van der Waals surface area contributed by atoms with Crippen LogP contribution in [0, 0.1) is 5.82 Å². The maximum atomic E-state index is 13.1. The second-order valence-corrected chi connectivity index (χ2v) is 5.18. The lowest BCUT2D eigenvalue weighted by atomic mass is 9.99. The van der Waals surface area contributed by atoms with Crippen LogP contribution in [0.1, 0.15) is 23.6 Å². The van der Waals surface area contributed by atoms with E-state index in [0.29, 0.717) is 6.04 Å². The third kappa shape index (κ3) is 3.10. The summed E-state index contributed by atoms with van der Waals surface area (Å²) in [5, 5.41) is 2.23. The van der Waals surface area contributed by atoms with Crippen LogP contribution in [0.4, 0.5) is 4.39 Å². The fourth-order valence-electron chi connectivity index (χ4n) is 2.80. The van der Waals surface area contributed by atoms with E-state index in [0.717, 1.165) is 12.0 Å². The van der Waals surface area contributed by atoms with Crippen molar-refractivity contribution in [3.63, 3.8) is 0 Å². The van der Waals surface area contributed by atoms with Crippen LogP contribution in [0.15, 0.2) is 54.6 Å². The highest BCUT2D eigenvalue weighted by Crippen LogP contribution is 2.30. The Morgan fingerprint density at radius 1 is 1.05 bits per heavy atom. The molecular formula is C17H18FIN2. The summed E-state index contributed by atoms with van der Waals surface area (Å²) in [6, 6.07) is 17.6. The predicted molar refractivity (Wildman–Crippen MR) is 78.3 cm³/mol. The van der Waals surface area contributed by atoms with Crippen molar-refractivity contribution in [2.75, 3.05) is 14.1 Å². The molecule has 0 spiro atoms. The summed E-state index contributed by atoms with van der Waals surface area (Å²) < 4.78 is 15.2. The predicted octanol–water partition coefficient (Wildman–Crippen LogP) is 0.253. The zero-order chi connectivity index (χ0) is 14.1. The summed E-state index contributed by atoms with van der Waals surface area (Å²) in [6.45, 7) is 0. The first-order valence-corrected chi connectivity index (χ1v) is 6.80. The van der Waals surface area contributed by atoms with Crippen LogP contribution < -0.4 is 24.0 Å². The lowest BCUT2D eigenvalue weighted by molar-refractivity contribution is -0.660. The van der Waals surface area contributed by atoms with Crippen molar-refractivity contribution in [2.24, 2.45) is 0 Å². The Balaban J connectivity index is 0.00000161. The maximum Gasteiger partial charge on any atom is 0.215 e. The van der Waals surface area contributed by atoms with Gasteiger partial charge in [0.15, 0.2) is 7.05 Å². The number of hydrazone groups is 1. The Morgan fingerprint density at radius 2 is 1.67 bits per heavy atom. The Hall–Kier alpha value is -1.43. The highest BCUT2D eigenvalue weighted by molar-refractivity contribution is 5.97. The van der Waals surface area contributed by atoms with Crippen LogP contribution in [-0.4, -0.2) is 29.5 Å². The van der Waals surface area contributed by atoms with Crippen LogP contribution in [-0.2, 0) is 0 Å². The molecule has 0 amide bonds. The molecule has 4 heteroatoms. The molecule has 0 radical (unpaired) electrons. The minimum atomic E-state index is -0.192. The number of hydrogen-bond acceptors (Lipinski definition) is 1. The molecule has 0 saturated heterocycles. The molecule has 0 aliphatic carbocycles. The van der Waals surface area contributed by atoms with Gasteiger partial charge in [0, 0.05) is 5.56 Å². The Labute approximate surface area is 141 Å². The zero-order valence-electron chi connectivity index (χ0n) is 12.1. The van der Waals surface area contributed by atoms with E-state index in [9.17, 15) is 4.39 Å². The molecule has 0 aromatic heterocycles. The van der Waals surface area contributed by atoms with Gasteiger partial charge < -0.3 is 24.0 Å². The molecule has 0 bridgehead atoms. The minimum absolute atomic E-state index is 0. The average Bonchev–Trinajstić information content (AvgIpc) is 2.77. The second kappa shape index (κ2) is 6.56. The number of hydrogen-bond donors (Lipinski definition) is 0. The van der Waals surface area contributed by atoms with E-state index in [1.165, 1.54) is 23.4 Å². The van der Waals surface area contributed by atoms with Gasteiger partial charge in [0.05, 0.1) is 13.5 Å². The molecule has 1 unspecified atom stereocenters. The van der Waals surface area contributed by atoms with Gasteiger partial charge in [-0.2, -0.15) is 5.01 Å². The Bertz CT molecular complexity index is 638. The number of benzene rings is 2. The number of hydrazine groups is 1. The topological polar surface area (TPSA) is 6.25 Å². The summed E-state index contributed by atoms with van der Waals surface area (Å²) in [6.07, 6.45) is 0.933. The van der Waals surface area contributed by atoms with Gasteiger partial charge in [-0.25, -0.2) is 4.39 Å². The highest BCUT2D eigenvalue weighted by atomic mass is 127. The van der Waals surface area contributed by atoms with Crippen LogP contribution in [0.2, 0.25) is 0 Å². The first-order chi connectivity index (χ1) is 9.66. The van der Waals surface area contributed by atoms with Gasteiger partial charge in [0.25, 0.3) is 0 Å². The average molecular weight is 396 g/mol. The third-order valence-corrected chi connectivity index (χ3v) is 4.06. The van der Waals surface area contributed by atoms with Crippen molar-refractivity contribution in [3.8, 4) is 0 Å². The van der Waals surface area contributed by atoms with Crippen molar-refractivity contribution >= 4 is 5.71 Å². The summed E-state index contributed by atoms with van der Waals surface area (Å²) in [5.74, 6) is -0.192. The third-order valence-electron chi connectivity index (χ3n) is 4.06. The fourth-order valence-corrected chi connectivity index (χ4v) is 2.80. The molecule has 21 heavy (non-hydrogen) atoms. The van der Waals surface area contributed by atoms with Crippen molar-refractivity contribution in [2.45, 2.75) is 12.5 Å². The number of halogens is 2. The zero-order valence-corrected chi connectivity index (χ0v) is 14.3. The van der Waals surface area contributed by atoms with E-state index < -0.39 is 0 Å². The summed E-state index contributed by atoms with van der Waals surface area (Å²) >= 11 is 0. The van der Waals surface area contributed by atoms with Crippen molar-refractivity contribution in [3.05, 3.63) is 71.5 Å². The summed E-state index contributed by atoms with van der Waals surface area (Å²) in [4.78, 5) is 0. The molecule has 0 fully saturated rings. The van der Waals surface area contributed by atoms with E-state index in [1.54, 1.807) is 0 Å². The number of rotatable bonds is 2. The SMILES string of the molecule is CN1C(c2ccccc2)CC(c2ccc(F)cc2)=[N+]1C.[I-]. The monoisotopic (exact) mass is 396 g/mol. The quantitative estimate of drug-likeness (QED) is 0.522. The molecule has 0 saturated carbocycles. The highest BCUT2D eigenvalue weighted by Gasteiger charge is 2.36. The summed E-state index contributed by atoms with van der Waals surface area (Å²) in [5.41, 5.74) is 3.61. The minimum Gasteiger partial charge on any atom is -1.00 e. The van der Waals surface area contributed by atoms with Gasteiger partial charge in [-0.15, -0.1) is 4.68 Å². The van der Waals surface area contributed by atoms with Gasteiger partial charge in [-0.1, -0.05) is 30.3 Å². The van der Waals surface area contributed by atoms with Crippen LogP contribution in [0.3, 0.4) is 0 Å². The van der Waals surface area contributed by atoms with Crippen LogP contribution in [0.25, 0.3) is 0 Å². The van der Waals surface area contributed by atoms with Crippen molar-refractivity contribution in [1.82, 2.24) is 5.01 Å². The molecule has 1 aliphatic heterocycles. The van der Waals surface area contributed by atoms with Crippen molar-refractivity contribution < 1.29 is 33.1 Å². The van der Waals surface area contributed by atoms with Crippen molar-refractivity contribution in [1.29, 1.82) is 0 Å². The van der Waals surface area contributed by atoms with E-state index in [2.05, 4.69) is 48.1 Å². The Kier molecular flexibility index (Phi) is 4.98. The largest absolute Gasteiger partial charge is 1.00 e. The van der Waals surface area contributed by atoms with Gasteiger partial charge >= 0.3 is 0 Å². The van der Waals surface area contributed by atoms with Gasteiger partial charge in [-0.3, -0.25) is 0 Å². The van der Waals surface area contributed by atoms with E-state index >= 15 is 0 Å². The lowest BCUT2D eigenvalue weighted by Crippen LogP contribution is -3.00. The molecule has 1 aliphatic rings.